The lowest BCUT2D eigenvalue weighted by Crippen LogP contribution is -2.39. The Morgan fingerprint density at radius 1 is 1.54 bits per heavy atom. The number of phenolic OH excluding ortho intramolecular Hbond substituents is 1. The molecule has 2 rings (SSSR count). The Bertz CT molecular complexity index is 617. The Labute approximate surface area is 141 Å². The zero-order chi connectivity index (χ0) is 17.7. The number of carbonyl (C=O) groups is 1. The van der Waals surface area contributed by atoms with Crippen LogP contribution >= 0.6 is 0 Å². The van der Waals surface area contributed by atoms with E-state index >= 15 is 0 Å². The molecular formula is C17H24N2O5. The molecule has 0 spiro atoms. The SMILES string of the molecule is CC[C@H](C)[C@H](N)C(=O)OC[C@@H]1COC(c2ccc(O)c(OC)c2)=N1. The van der Waals surface area contributed by atoms with Crippen molar-refractivity contribution in [1.29, 1.82) is 0 Å². The molecule has 0 saturated heterocycles. The zero-order valence-corrected chi connectivity index (χ0v) is 14.2. The minimum Gasteiger partial charge on any atom is -0.504 e. The molecule has 1 aliphatic rings. The number of hydrogen-bond acceptors (Lipinski definition) is 7. The highest BCUT2D eigenvalue weighted by atomic mass is 16.5. The average molecular weight is 336 g/mol. The van der Waals surface area contributed by atoms with Crippen LogP contribution in [-0.4, -0.2) is 49.4 Å². The molecule has 0 bridgehead atoms. The van der Waals surface area contributed by atoms with Crippen LogP contribution in [0.15, 0.2) is 23.2 Å². The first kappa shape index (κ1) is 18.1. The van der Waals surface area contributed by atoms with Gasteiger partial charge < -0.3 is 25.1 Å². The van der Waals surface area contributed by atoms with Crippen molar-refractivity contribution in [3.05, 3.63) is 23.8 Å². The number of aromatic hydroxyl groups is 1. The minimum absolute atomic E-state index is 0.0457. The van der Waals surface area contributed by atoms with Crippen molar-refractivity contribution < 1.29 is 24.1 Å². The van der Waals surface area contributed by atoms with Gasteiger partial charge in [0.15, 0.2) is 11.5 Å². The van der Waals surface area contributed by atoms with Crippen LogP contribution in [0.4, 0.5) is 0 Å². The van der Waals surface area contributed by atoms with E-state index in [2.05, 4.69) is 4.99 Å². The van der Waals surface area contributed by atoms with E-state index in [0.717, 1.165) is 6.42 Å². The predicted molar refractivity (Wildman–Crippen MR) is 89.3 cm³/mol. The van der Waals surface area contributed by atoms with Crippen LogP contribution in [0.1, 0.15) is 25.8 Å². The van der Waals surface area contributed by atoms with Gasteiger partial charge in [-0.15, -0.1) is 0 Å². The van der Waals surface area contributed by atoms with Gasteiger partial charge in [0, 0.05) is 5.56 Å². The third-order valence-electron chi connectivity index (χ3n) is 4.09. The number of rotatable bonds is 7. The molecule has 7 heteroatoms. The van der Waals surface area contributed by atoms with Gasteiger partial charge in [-0.3, -0.25) is 4.79 Å². The number of phenols is 1. The molecule has 1 aromatic rings. The number of esters is 1. The molecule has 3 atom stereocenters. The molecule has 1 aliphatic heterocycles. The van der Waals surface area contributed by atoms with E-state index in [4.69, 9.17) is 19.9 Å². The van der Waals surface area contributed by atoms with Gasteiger partial charge in [-0.05, 0) is 24.1 Å². The quantitative estimate of drug-likeness (QED) is 0.731. The highest BCUT2D eigenvalue weighted by Crippen LogP contribution is 2.27. The second-order valence-corrected chi connectivity index (χ2v) is 5.83. The molecule has 24 heavy (non-hydrogen) atoms. The molecule has 132 valence electrons. The largest absolute Gasteiger partial charge is 0.504 e. The number of hydrogen-bond donors (Lipinski definition) is 2. The van der Waals surface area contributed by atoms with E-state index in [1.165, 1.54) is 13.2 Å². The molecule has 0 fully saturated rings. The molecular weight excluding hydrogens is 312 g/mol. The van der Waals surface area contributed by atoms with Crippen molar-refractivity contribution in [1.82, 2.24) is 0 Å². The van der Waals surface area contributed by atoms with Crippen LogP contribution in [0.5, 0.6) is 11.5 Å². The van der Waals surface area contributed by atoms with Crippen LogP contribution in [0.25, 0.3) is 0 Å². The summed E-state index contributed by atoms with van der Waals surface area (Å²) in [6, 6.07) is 3.94. The second kappa shape index (κ2) is 8.01. The van der Waals surface area contributed by atoms with Crippen molar-refractivity contribution in [2.75, 3.05) is 20.3 Å². The summed E-state index contributed by atoms with van der Waals surface area (Å²) in [5.41, 5.74) is 6.53. The maximum Gasteiger partial charge on any atom is 0.323 e. The lowest BCUT2D eigenvalue weighted by atomic mass is 10.0. The van der Waals surface area contributed by atoms with E-state index < -0.39 is 12.0 Å². The Balaban J connectivity index is 1.95. The first-order valence-corrected chi connectivity index (χ1v) is 7.96. The number of methoxy groups -OCH3 is 1. The summed E-state index contributed by atoms with van der Waals surface area (Å²) in [7, 11) is 1.47. The lowest BCUT2D eigenvalue weighted by molar-refractivity contribution is -0.147. The van der Waals surface area contributed by atoms with Gasteiger partial charge in [-0.1, -0.05) is 20.3 Å². The van der Waals surface area contributed by atoms with Crippen LogP contribution in [0, 0.1) is 5.92 Å². The highest BCUT2D eigenvalue weighted by Gasteiger charge is 2.25. The van der Waals surface area contributed by atoms with Gasteiger partial charge in [0.2, 0.25) is 5.90 Å². The maximum atomic E-state index is 11.9. The third-order valence-corrected chi connectivity index (χ3v) is 4.09. The molecule has 0 unspecified atom stereocenters. The van der Waals surface area contributed by atoms with E-state index in [9.17, 15) is 9.90 Å². The molecule has 0 aliphatic carbocycles. The van der Waals surface area contributed by atoms with E-state index in [1.807, 2.05) is 13.8 Å². The summed E-state index contributed by atoms with van der Waals surface area (Å²) >= 11 is 0. The van der Waals surface area contributed by atoms with E-state index in [-0.39, 0.29) is 24.3 Å². The van der Waals surface area contributed by atoms with Crippen molar-refractivity contribution >= 4 is 11.9 Å². The van der Waals surface area contributed by atoms with Crippen LogP contribution in [0.2, 0.25) is 0 Å². The Kier molecular flexibility index (Phi) is 6.03. The van der Waals surface area contributed by atoms with Gasteiger partial charge in [0.05, 0.1) is 7.11 Å². The number of ether oxygens (including phenoxy) is 3. The van der Waals surface area contributed by atoms with Gasteiger partial charge in [-0.2, -0.15) is 0 Å². The summed E-state index contributed by atoms with van der Waals surface area (Å²) in [6.45, 7) is 4.34. The van der Waals surface area contributed by atoms with Gasteiger partial charge in [0.1, 0.15) is 25.3 Å². The molecule has 7 nitrogen and oxygen atoms in total. The fourth-order valence-electron chi connectivity index (χ4n) is 2.23. The third kappa shape index (κ3) is 4.17. The second-order valence-electron chi connectivity index (χ2n) is 5.83. The fourth-order valence-corrected chi connectivity index (χ4v) is 2.23. The van der Waals surface area contributed by atoms with Crippen LogP contribution < -0.4 is 10.5 Å². The number of aliphatic imine (C=N–C) groups is 1. The zero-order valence-electron chi connectivity index (χ0n) is 14.2. The van der Waals surface area contributed by atoms with Crippen LogP contribution in [-0.2, 0) is 14.3 Å². The molecule has 0 aromatic heterocycles. The smallest absolute Gasteiger partial charge is 0.323 e. The summed E-state index contributed by atoms with van der Waals surface area (Å²) < 4.78 is 15.9. The first-order valence-electron chi connectivity index (χ1n) is 7.96. The van der Waals surface area contributed by atoms with Gasteiger partial charge in [-0.25, -0.2) is 4.99 Å². The van der Waals surface area contributed by atoms with Crippen LogP contribution in [0.3, 0.4) is 0 Å². The molecule has 0 saturated carbocycles. The fraction of sp³-hybridized carbons (Fsp3) is 0.529. The highest BCUT2D eigenvalue weighted by molar-refractivity contribution is 5.95. The number of carbonyl (C=O) groups excluding carboxylic acids is 1. The van der Waals surface area contributed by atoms with Crippen molar-refractivity contribution in [3.8, 4) is 11.5 Å². The van der Waals surface area contributed by atoms with Crippen molar-refractivity contribution in [3.63, 3.8) is 0 Å². The number of nitrogens with zero attached hydrogens (tertiary/aromatic N) is 1. The molecule has 1 aromatic carbocycles. The summed E-state index contributed by atoms with van der Waals surface area (Å²) in [5.74, 6) is 0.471. The van der Waals surface area contributed by atoms with Gasteiger partial charge >= 0.3 is 5.97 Å². The topological polar surface area (TPSA) is 103 Å². The van der Waals surface area contributed by atoms with Crippen molar-refractivity contribution in [2.24, 2.45) is 16.6 Å². The van der Waals surface area contributed by atoms with E-state index in [1.54, 1.807) is 12.1 Å². The first-order chi connectivity index (χ1) is 11.5. The van der Waals surface area contributed by atoms with Gasteiger partial charge in [0.25, 0.3) is 0 Å². The minimum atomic E-state index is -0.623. The Morgan fingerprint density at radius 3 is 2.96 bits per heavy atom. The standard InChI is InChI=1S/C17H24N2O5/c1-4-10(2)15(18)17(21)24-9-12-8-23-16(19-12)11-5-6-13(20)14(7-11)22-3/h5-7,10,12,15,20H,4,8-9,18H2,1-3H3/t10-,12-,15-/m0/s1. The number of benzene rings is 1. The maximum absolute atomic E-state index is 11.9. The van der Waals surface area contributed by atoms with E-state index in [0.29, 0.717) is 23.8 Å². The predicted octanol–water partition coefficient (Wildman–Crippen LogP) is 1.46. The summed E-state index contributed by atoms with van der Waals surface area (Å²) in [6.07, 6.45) is 0.813. The molecule has 0 radical (unpaired) electrons. The Morgan fingerprint density at radius 2 is 2.29 bits per heavy atom. The number of nitrogens with two attached hydrogens (primary N) is 1. The Hall–Kier alpha value is -2.28. The average Bonchev–Trinajstić information content (AvgIpc) is 3.07. The molecule has 1 heterocycles. The summed E-state index contributed by atoms with van der Waals surface area (Å²) in [5, 5.41) is 9.62. The normalized spacial score (nSPS) is 19.2. The lowest BCUT2D eigenvalue weighted by Gasteiger charge is -2.17. The molecule has 0 amide bonds. The van der Waals surface area contributed by atoms with Crippen molar-refractivity contribution in [2.45, 2.75) is 32.4 Å². The monoisotopic (exact) mass is 336 g/mol. The summed E-state index contributed by atoms with van der Waals surface area (Å²) in [4.78, 5) is 16.3. The molecule has 3 N–H and O–H groups in total.